The average molecular weight is 267 g/mol. The number of hydrogen-bond donors (Lipinski definition) is 2. The van der Waals surface area contributed by atoms with Crippen LogP contribution in [0.4, 0.5) is 4.39 Å². The molecule has 1 aliphatic rings. The second-order valence-corrected chi connectivity index (χ2v) is 4.95. The van der Waals surface area contributed by atoms with E-state index in [1.54, 1.807) is 6.07 Å². The molecule has 0 saturated carbocycles. The van der Waals surface area contributed by atoms with Crippen molar-refractivity contribution in [3.63, 3.8) is 0 Å². The van der Waals surface area contributed by atoms with Crippen LogP contribution in [0.15, 0.2) is 18.2 Å². The van der Waals surface area contributed by atoms with Crippen molar-refractivity contribution in [2.24, 2.45) is 5.84 Å². The van der Waals surface area contributed by atoms with E-state index >= 15 is 0 Å². The lowest BCUT2D eigenvalue weighted by Gasteiger charge is -2.36. The SMILES string of the molecule is CCN1CCOC(C(NN)c2cc(F)ccc2C)C1. The first-order chi connectivity index (χ1) is 9.15. The van der Waals surface area contributed by atoms with Crippen molar-refractivity contribution in [2.45, 2.75) is 26.0 Å². The van der Waals surface area contributed by atoms with Gasteiger partial charge >= 0.3 is 0 Å². The number of hydrogen-bond acceptors (Lipinski definition) is 4. The Balaban J connectivity index is 2.21. The van der Waals surface area contributed by atoms with Crippen molar-refractivity contribution in [3.05, 3.63) is 35.1 Å². The molecule has 2 rings (SSSR count). The lowest BCUT2D eigenvalue weighted by atomic mass is 9.96. The summed E-state index contributed by atoms with van der Waals surface area (Å²) in [5.41, 5.74) is 4.66. The minimum Gasteiger partial charge on any atom is -0.374 e. The lowest BCUT2D eigenvalue weighted by Crippen LogP contribution is -2.49. The summed E-state index contributed by atoms with van der Waals surface area (Å²) in [5, 5.41) is 0. The second-order valence-electron chi connectivity index (χ2n) is 4.95. The highest BCUT2D eigenvalue weighted by molar-refractivity contribution is 5.30. The summed E-state index contributed by atoms with van der Waals surface area (Å²) >= 11 is 0. The van der Waals surface area contributed by atoms with Crippen molar-refractivity contribution in [1.29, 1.82) is 0 Å². The highest BCUT2D eigenvalue weighted by Crippen LogP contribution is 2.25. The molecule has 1 aliphatic heterocycles. The van der Waals surface area contributed by atoms with Gasteiger partial charge in [-0.25, -0.2) is 4.39 Å². The number of nitrogens with one attached hydrogen (secondary N) is 1. The molecule has 1 heterocycles. The Bertz CT molecular complexity index is 427. The van der Waals surface area contributed by atoms with Gasteiger partial charge in [0.25, 0.3) is 0 Å². The summed E-state index contributed by atoms with van der Waals surface area (Å²) in [6, 6.07) is 4.58. The summed E-state index contributed by atoms with van der Waals surface area (Å²) in [7, 11) is 0. The molecule has 1 fully saturated rings. The monoisotopic (exact) mass is 267 g/mol. The number of halogens is 1. The lowest BCUT2D eigenvalue weighted by molar-refractivity contribution is -0.0457. The number of ether oxygens (including phenoxy) is 1. The van der Waals surface area contributed by atoms with Gasteiger partial charge in [-0.2, -0.15) is 0 Å². The first-order valence-corrected chi connectivity index (χ1v) is 6.71. The van der Waals surface area contributed by atoms with Gasteiger partial charge in [-0.05, 0) is 36.7 Å². The zero-order chi connectivity index (χ0) is 13.8. The summed E-state index contributed by atoms with van der Waals surface area (Å²) in [5.74, 6) is 5.42. The van der Waals surface area contributed by atoms with Gasteiger partial charge in [0.05, 0.1) is 18.8 Å². The minimum atomic E-state index is -0.246. The van der Waals surface area contributed by atoms with Crippen molar-refractivity contribution in [1.82, 2.24) is 10.3 Å². The molecule has 4 nitrogen and oxygen atoms in total. The number of nitrogens with two attached hydrogens (primary N) is 1. The maximum absolute atomic E-state index is 13.4. The van der Waals surface area contributed by atoms with Crippen LogP contribution < -0.4 is 11.3 Å². The first-order valence-electron chi connectivity index (χ1n) is 6.71. The summed E-state index contributed by atoms with van der Waals surface area (Å²) in [6.07, 6.45) is -0.0563. The summed E-state index contributed by atoms with van der Waals surface area (Å²) in [4.78, 5) is 2.31. The van der Waals surface area contributed by atoms with Crippen LogP contribution in [0, 0.1) is 12.7 Å². The molecule has 106 valence electrons. The number of aryl methyl sites for hydroxylation is 1. The van der Waals surface area contributed by atoms with Gasteiger partial charge in [-0.3, -0.25) is 16.2 Å². The number of nitrogens with zero attached hydrogens (tertiary/aromatic N) is 1. The molecule has 0 amide bonds. The molecule has 0 radical (unpaired) electrons. The van der Waals surface area contributed by atoms with E-state index in [1.165, 1.54) is 12.1 Å². The van der Waals surface area contributed by atoms with Crippen molar-refractivity contribution in [2.75, 3.05) is 26.2 Å². The van der Waals surface area contributed by atoms with E-state index in [0.29, 0.717) is 6.61 Å². The largest absolute Gasteiger partial charge is 0.374 e. The summed E-state index contributed by atoms with van der Waals surface area (Å²) in [6.45, 7) is 7.50. The third-order valence-corrected chi connectivity index (χ3v) is 3.75. The van der Waals surface area contributed by atoms with Gasteiger partial charge in [-0.1, -0.05) is 13.0 Å². The molecule has 2 unspecified atom stereocenters. The highest BCUT2D eigenvalue weighted by Gasteiger charge is 2.29. The zero-order valence-corrected chi connectivity index (χ0v) is 11.5. The van der Waals surface area contributed by atoms with E-state index in [2.05, 4.69) is 17.2 Å². The highest BCUT2D eigenvalue weighted by atomic mass is 19.1. The number of hydrazine groups is 1. The van der Waals surface area contributed by atoms with Gasteiger partial charge < -0.3 is 4.74 Å². The molecule has 0 bridgehead atoms. The maximum Gasteiger partial charge on any atom is 0.123 e. The first kappa shape index (κ1) is 14.4. The fraction of sp³-hybridized carbons (Fsp3) is 0.571. The van der Waals surface area contributed by atoms with Crippen LogP contribution in [-0.4, -0.2) is 37.2 Å². The molecule has 0 aromatic heterocycles. The van der Waals surface area contributed by atoms with Crippen LogP contribution >= 0.6 is 0 Å². The number of rotatable bonds is 4. The molecule has 0 spiro atoms. The van der Waals surface area contributed by atoms with Crippen molar-refractivity contribution in [3.8, 4) is 0 Å². The average Bonchev–Trinajstić information content (AvgIpc) is 2.44. The normalized spacial score (nSPS) is 22.4. The van der Waals surface area contributed by atoms with E-state index in [-0.39, 0.29) is 18.0 Å². The molecule has 0 aliphatic carbocycles. The van der Waals surface area contributed by atoms with Gasteiger partial charge in [0, 0.05) is 13.1 Å². The predicted molar refractivity (Wildman–Crippen MR) is 73.1 cm³/mol. The minimum absolute atomic E-state index is 0.0563. The molecule has 5 heteroatoms. The third-order valence-electron chi connectivity index (χ3n) is 3.75. The van der Waals surface area contributed by atoms with Crippen LogP contribution in [0.5, 0.6) is 0 Å². The fourth-order valence-electron chi connectivity index (χ4n) is 2.56. The zero-order valence-electron chi connectivity index (χ0n) is 11.5. The smallest absolute Gasteiger partial charge is 0.123 e. The number of morpholine rings is 1. The quantitative estimate of drug-likeness (QED) is 0.639. The van der Waals surface area contributed by atoms with Crippen LogP contribution in [0.25, 0.3) is 0 Å². The molecule has 19 heavy (non-hydrogen) atoms. The second kappa shape index (κ2) is 6.43. The topological polar surface area (TPSA) is 50.5 Å². The van der Waals surface area contributed by atoms with Crippen molar-refractivity contribution >= 4 is 0 Å². The molecule has 1 aromatic carbocycles. The van der Waals surface area contributed by atoms with Gasteiger partial charge in [0.2, 0.25) is 0 Å². The summed E-state index contributed by atoms with van der Waals surface area (Å²) < 4.78 is 19.2. The Hall–Kier alpha value is -1.01. The Labute approximate surface area is 113 Å². The number of benzene rings is 1. The van der Waals surface area contributed by atoms with Crippen molar-refractivity contribution < 1.29 is 9.13 Å². The molecule has 2 atom stereocenters. The van der Waals surface area contributed by atoms with Crippen LogP contribution in [0.3, 0.4) is 0 Å². The van der Waals surface area contributed by atoms with Gasteiger partial charge in [-0.15, -0.1) is 0 Å². The van der Waals surface area contributed by atoms with E-state index in [9.17, 15) is 4.39 Å². The molecule has 1 saturated heterocycles. The van der Waals surface area contributed by atoms with Gasteiger partial charge in [0.1, 0.15) is 5.82 Å². The van der Waals surface area contributed by atoms with E-state index in [4.69, 9.17) is 10.6 Å². The molecule has 1 aromatic rings. The number of likely N-dealkylation sites (N-methyl/N-ethyl adjacent to an activating group) is 1. The Kier molecular flexibility index (Phi) is 4.87. The predicted octanol–water partition coefficient (Wildman–Crippen LogP) is 1.36. The van der Waals surface area contributed by atoms with E-state index in [0.717, 1.165) is 30.8 Å². The Morgan fingerprint density at radius 1 is 1.58 bits per heavy atom. The van der Waals surface area contributed by atoms with Crippen LogP contribution in [-0.2, 0) is 4.74 Å². The van der Waals surface area contributed by atoms with Crippen LogP contribution in [0.1, 0.15) is 24.1 Å². The van der Waals surface area contributed by atoms with E-state index in [1.807, 2.05) is 6.92 Å². The van der Waals surface area contributed by atoms with E-state index < -0.39 is 0 Å². The third kappa shape index (κ3) is 3.30. The Morgan fingerprint density at radius 2 is 2.37 bits per heavy atom. The molecular formula is C14H22FN3O. The Morgan fingerprint density at radius 3 is 3.05 bits per heavy atom. The standard InChI is InChI=1S/C14H22FN3O/c1-3-18-6-7-19-13(9-18)14(17-16)12-8-11(15)5-4-10(12)2/h4-5,8,13-14,17H,3,6-7,9,16H2,1-2H3. The molecular weight excluding hydrogens is 245 g/mol. The molecule has 3 N–H and O–H groups in total. The fourth-order valence-corrected chi connectivity index (χ4v) is 2.56. The van der Waals surface area contributed by atoms with Crippen LogP contribution in [0.2, 0.25) is 0 Å². The van der Waals surface area contributed by atoms with Gasteiger partial charge in [0.15, 0.2) is 0 Å². The maximum atomic E-state index is 13.4.